The van der Waals surface area contributed by atoms with Crippen molar-refractivity contribution in [2.45, 2.75) is 52.0 Å². The lowest BCUT2D eigenvalue weighted by Crippen LogP contribution is -2.25. The van der Waals surface area contributed by atoms with Crippen molar-refractivity contribution in [3.8, 4) is 0 Å². The van der Waals surface area contributed by atoms with Crippen LogP contribution in [-0.2, 0) is 17.8 Å². The molecule has 0 radical (unpaired) electrons. The van der Waals surface area contributed by atoms with Crippen LogP contribution in [0.4, 0.5) is 15.8 Å². The number of carbonyl (C=O) groups is 2. The van der Waals surface area contributed by atoms with E-state index in [0.29, 0.717) is 24.2 Å². The predicted octanol–water partition coefficient (Wildman–Crippen LogP) is 5.40. The van der Waals surface area contributed by atoms with Crippen LogP contribution in [0, 0.1) is 11.7 Å². The molecule has 0 unspecified atom stereocenters. The fourth-order valence-electron chi connectivity index (χ4n) is 4.36. The van der Waals surface area contributed by atoms with Crippen molar-refractivity contribution in [2.24, 2.45) is 5.92 Å². The molecule has 33 heavy (non-hydrogen) atoms. The molecule has 1 heterocycles. The Balaban J connectivity index is 1.47. The first-order valence-corrected chi connectivity index (χ1v) is 11.6. The van der Waals surface area contributed by atoms with Gasteiger partial charge in [-0.1, -0.05) is 56.5 Å². The van der Waals surface area contributed by atoms with E-state index in [0.717, 1.165) is 43.4 Å². The molecule has 6 nitrogen and oxygen atoms in total. The third-order valence-electron chi connectivity index (χ3n) is 6.16. The molecule has 2 aromatic carbocycles. The molecule has 3 aromatic rings. The van der Waals surface area contributed by atoms with Crippen molar-refractivity contribution in [1.82, 2.24) is 9.78 Å². The number of nitrogens with zero attached hydrogens (tertiary/aromatic N) is 2. The molecule has 1 aromatic heterocycles. The van der Waals surface area contributed by atoms with E-state index in [9.17, 15) is 14.0 Å². The minimum atomic E-state index is -0.526. The van der Waals surface area contributed by atoms with E-state index in [4.69, 9.17) is 0 Å². The number of aromatic nitrogens is 2. The van der Waals surface area contributed by atoms with Crippen molar-refractivity contribution in [3.63, 3.8) is 0 Å². The van der Waals surface area contributed by atoms with Crippen LogP contribution in [0.25, 0.3) is 0 Å². The van der Waals surface area contributed by atoms with E-state index in [1.165, 1.54) is 18.2 Å². The molecule has 0 atom stereocenters. The number of amides is 2. The normalized spacial score (nSPS) is 14.1. The van der Waals surface area contributed by atoms with Gasteiger partial charge in [-0.3, -0.25) is 14.3 Å². The van der Waals surface area contributed by atoms with E-state index in [1.807, 2.05) is 41.9 Å². The minimum absolute atomic E-state index is 0.0823. The van der Waals surface area contributed by atoms with E-state index in [-0.39, 0.29) is 23.4 Å². The monoisotopic (exact) mass is 448 g/mol. The maximum Gasteiger partial charge on any atom is 0.259 e. The number of rotatable bonds is 7. The van der Waals surface area contributed by atoms with Crippen molar-refractivity contribution < 1.29 is 14.0 Å². The Morgan fingerprint density at radius 1 is 1.06 bits per heavy atom. The molecule has 172 valence electrons. The van der Waals surface area contributed by atoms with Crippen LogP contribution < -0.4 is 10.6 Å². The molecule has 1 fully saturated rings. The number of nitrogens with one attached hydrogen (secondary N) is 2. The molecule has 0 aliphatic heterocycles. The van der Waals surface area contributed by atoms with Gasteiger partial charge in [-0.25, -0.2) is 4.39 Å². The second kappa shape index (κ2) is 10.4. The largest absolute Gasteiger partial charge is 0.323 e. The highest BCUT2D eigenvalue weighted by atomic mass is 19.1. The van der Waals surface area contributed by atoms with Crippen molar-refractivity contribution in [1.29, 1.82) is 0 Å². The summed E-state index contributed by atoms with van der Waals surface area (Å²) in [5, 5.41) is 9.93. The molecule has 1 saturated carbocycles. The van der Waals surface area contributed by atoms with Crippen molar-refractivity contribution in [3.05, 3.63) is 77.4 Å². The summed E-state index contributed by atoms with van der Waals surface area (Å²) in [6.07, 6.45) is 7.05. The number of anilines is 2. The van der Waals surface area contributed by atoms with Gasteiger partial charge in [-0.05, 0) is 43.0 Å². The van der Waals surface area contributed by atoms with Gasteiger partial charge in [0.25, 0.3) is 5.91 Å². The molecular weight excluding hydrogens is 419 g/mol. The standard InChI is InChI=1S/C26H29FN4O2/c1-2-24-21(16-28-31(24)17-18-9-5-3-6-10-18)26(33)29-20-13-14-22(27)23(15-20)30-25(32)19-11-7-4-8-12-19/h3,5-6,9-10,13-16,19H,2,4,7-8,11-12,17H2,1H3,(H,29,33)(H,30,32). The van der Waals surface area contributed by atoms with Crippen LogP contribution in [0.3, 0.4) is 0 Å². The van der Waals surface area contributed by atoms with Gasteiger partial charge in [0.05, 0.1) is 29.7 Å². The molecular formula is C26H29FN4O2. The first-order chi connectivity index (χ1) is 16.0. The van der Waals surface area contributed by atoms with E-state index in [2.05, 4.69) is 15.7 Å². The molecule has 1 aliphatic rings. The average Bonchev–Trinajstić information content (AvgIpc) is 3.25. The quantitative estimate of drug-likeness (QED) is 0.508. The summed E-state index contributed by atoms with van der Waals surface area (Å²) in [5.41, 5.74) is 2.89. The van der Waals surface area contributed by atoms with Crippen LogP contribution in [0.2, 0.25) is 0 Å². The maximum absolute atomic E-state index is 14.3. The second-order valence-corrected chi connectivity index (χ2v) is 8.47. The predicted molar refractivity (Wildman–Crippen MR) is 127 cm³/mol. The SMILES string of the molecule is CCc1c(C(=O)Nc2ccc(F)c(NC(=O)C3CCCCC3)c2)cnn1Cc1ccccc1. The minimum Gasteiger partial charge on any atom is -0.323 e. The Morgan fingerprint density at radius 2 is 1.82 bits per heavy atom. The number of hydrogen-bond donors (Lipinski definition) is 2. The van der Waals surface area contributed by atoms with E-state index >= 15 is 0 Å². The smallest absolute Gasteiger partial charge is 0.259 e. The van der Waals surface area contributed by atoms with Gasteiger partial charge in [-0.2, -0.15) is 5.10 Å². The van der Waals surface area contributed by atoms with E-state index in [1.54, 1.807) is 6.20 Å². The molecule has 2 amide bonds. The van der Waals surface area contributed by atoms with Gasteiger partial charge in [0.1, 0.15) is 5.82 Å². The number of carbonyl (C=O) groups excluding carboxylic acids is 2. The lowest BCUT2D eigenvalue weighted by molar-refractivity contribution is -0.120. The fourth-order valence-corrected chi connectivity index (χ4v) is 4.36. The molecule has 0 spiro atoms. The van der Waals surface area contributed by atoms with Crippen LogP contribution in [0.15, 0.2) is 54.7 Å². The van der Waals surface area contributed by atoms with Crippen molar-refractivity contribution >= 4 is 23.2 Å². The summed E-state index contributed by atoms with van der Waals surface area (Å²) in [7, 11) is 0. The van der Waals surface area contributed by atoms with Crippen LogP contribution in [0.1, 0.15) is 60.6 Å². The number of hydrogen-bond acceptors (Lipinski definition) is 3. The summed E-state index contributed by atoms with van der Waals surface area (Å²) in [6, 6.07) is 14.1. The fraction of sp³-hybridized carbons (Fsp3) is 0.346. The Hall–Kier alpha value is -3.48. The highest BCUT2D eigenvalue weighted by Crippen LogP contribution is 2.27. The highest BCUT2D eigenvalue weighted by Gasteiger charge is 2.22. The Labute approximate surface area is 193 Å². The number of benzene rings is 2. The van der Waals surface area contributed by atoms with Gasteiger partial charge >= 0.3 is 0 Å². The van der Waals surface area contributed by atoms with E-state index < -0.39 is 5.82 Å². The highest BCUT2D eigenvalue weighted by molar-refractivity contribution is 6.05. The lowest BCUT2D eigenvalue weighted by atomic mass is 9.88. The number of halogens is 1. The maximum atomic E-state index is 14.3. The summed E-state index contributed by atoms with van der Waals surface area (Å²) in [6.45, 7) is 2.55. The molecule has 7 heteroatoms. The van der Waals surface area contributed by atoms with Crippen LogP contribution in [0.5, 0.6) is 0 Å². The molecule has 4 rings (SSSR count). The zero-order valence-electron chi connectivity index (χ0n) is 18.8. The first-order valence-electron chi connectivity index (χ1n) is 11.6. The topological polar surface area (TPSA) is 76.0 Å². The average molecular weight is 449 g/mol. The molecule has 1 aliphatic carbocycles. The first kappa shape index (κ1) is 22.7. The Morgan fingerprint density at radius 3 is 2.55 bits per heavy atom. The van der Waals surface area contributed by atoms with Gasteiger partial charge in [0.15, 0.2) is 0 Å². The molecule has 2 N–H and O–H groups in total. The van der Waals surface area contributed by atoms with Gasteiger partial charge in [-0.15, -0.1) is 0 Å². The molecule has 0 bridgehead atoms. The van der Waals surface area contributed by atoms with Gasteiger partial charge < -0.3 is 10.6 Å². The summed E-state index contributed by atoms with van der Waals surface area (Å²) >= 11 is 0. The van der Waals surface area contributed by atoms with Gasteiger partial charge in [0.2, 0.25) is 5.91 Å². The third kappa shape index (κ3) is 5.48. The van der Waals surface area contributed by atoms with Crippen LogP contribution >= 0.6 is 0 Å². The zero-order valence-corrected chi connectivity index (χ0v) is 18.8. The summed E-state index contributed by atoms with van der Waals surface area (Å²) in [5.74, 6) is -1.09. The zero-order chi connectivity index (χ0) is 23.2. The Bertz CT molecular complexity index is 1120. The Kier molecular flexibility index (Phi) is 7.17. The van der Waals surface area contributed by atoms with Crippen LogP contribution in [-0.4, -0.2) is 21.6 Å². The lowest BCUT2D eigenvalue weighted by Gasteiger charge is -2.21. The third-order valence-corrected chi connectivity index (χ3v) is 6.16. The van der Waals surface area contributed by atoms with Crippen molar-refractivity contribution in [2.75, 3.05) is 10.6 Å². The van der Waals surface area contributed by atoms with Gasteiger partial charge in [0, 0.05) is 11.6 Å². The second-order valence-electron chi connectivity index (χ2n) is 8.47. The summed E-state index contributed by atoms with van der Waals surface area (Å²) in [4.78, 5) is 25.5. The molecule has 0 saturated heterocycles. The summed E-state index contributed by atoms with van der Waals surface area (Å²) < 4.78 is 16.2.